The van der Waals surface area contributed by atoms with Crippen molar-refractivity contribution in [1.82, 2.24) is 9.88 Å². The van der Waals surface area contributed by atoms with Gasteiger partial charge in [-0.05, 0) is 84.8 Å². The summed E-state index contributed by atoms with van der Waals surface area (Å²) in [5, 5.41) is 3.89. The number of halogens is 3. The predicted octanol–water partition coefficient (Wildman–Crippen LogP) is 7.17. The smallest absolute Gasteiger partial charge is 0.416 e. The van der Waals surface area contributed by atoms with Gasteiger partial charge in [0.1, 0.15) is 11.7 Å². The van der Waals surface area contributed by atoms with Crippen LogP contribution in [-0.4, -0.2) is 47.0 Å². The topological polar surface area (TPSA) is 102 Å². The Hall–Kier alpha value is -4.80. The van der Waals surface area contributed by atoms with Crippen LogP contribution in [0.4, 0.5) is 19.0 Å². The summed E-state index contributed by atoms with van der Waals surface area (Å²) in [6, 6.07) is 18.1. The van der Waals surface area contributed by atoms with Gasteiger partial charge in [0.05, 0.1) is 28.7 Å². The van der Waals surface area contributed by atoms with Crippen molar-refractivity contribution in [2.24, 2.45) is 10.7 Å². The normalized spacial score (nSPS) is 18.5. The Morgan fingerprint density at radius 1 is 0.935 bits per heavy atom. The maximum atomic E-state index is 14.4. The number of pyridine rings is 1. The Labute approximate surface area is 264 Å². The van der Waals surface area contributed by atoms with Crippen molar-refractivity contribution in [2.75, 3.05) is 18.7 Å². The zero-order chi connectivity index (χ0) is 31.8. The fourth-order valence-electron chi connectivity index (χ4n) is 6.56. The summed E-state index contributed by atoms with van der Waals surface area (Å²) in [7, 11) is 0. The fourth-order valence-corrected chi connectivity index (χ4v) is 6.56. The number of carbonyl (C=O) groups excluding carboxylic acids is 1. The second kappa shape index (κ2) is 12.2. The van der Waals surface area contributed by atoms with Gasteiger partial charge in [-0.3, -0.25) is 9.79 Å². The molecule has 3 heterocycles. The number of amides is 1. The van der Waals surface area contributed by atoms with Crippen LogP contribution in [0.15, 0.2) is 71.7 Å². The average molecular weight is 630 g/mol. The maximum absolute atomic E-state index is 14.4. The molecule has 1 saturated heterocycles. The Morgan fingerprint density at radius 3 is 2.46 bits per heavy atom. The van der Waals surface area contributed by atoms with E-state index >= 15 is 0 Å². The van der Waals surface area contributed by atoms with E-state index < -0.39 is 11.7 Å². The largest absolute Gasteiger partial charge is 0.454 e. The first-order valence-corrected chi connectivity index (χ1v) is 15.6. The molecule has 238 valence electrons. The van der Waals surface area contributed by atoms with Crippen LogP contribution in [0.25, 0.3) is 22.0 Å². The number of nitrogens with two attached hydrogens (primary N) is 1. The van der Waals surface area contributed by atoms with E-state index in [0.29, 0.717) is 51.7 Å². The molecule has 0 unspecified atom stereocenters. The highest BCUT2D eigenvalue weighted by molar-refractivity contribution is 6.09. The number of alkyl halides is 3. The van der Waals surface area contributed by atoms with E-state index in [-0.39, 0.29) is 31.3 Å². The number of aliphatic imine (C=N–C) groups is 1. The number of amidine groups is 1. The molecule has 8 nitrogen and oxygen atoms in total. The summed E-state index contributed by atoms with van der Waals surface area (Å²) in [6.07, 6.45) is 1.50. The minimum Gasteiger partial charge on any atom is -0.454 e. The number of hydrogen-bond acceptors (Lipinski definition) is 6. The number of rotatable bonds is 7. The lowest BCUT2D eigenvalue weighted by atomic mass is 9.99. The molecule has 4 aromatic rings. The average Bonchev–Trinajstić information content (AvgIpc) is 3.85. The third-order valence-corrected chi connectivity index (χ3v) is 9.01. The monoisotopic (exact) mass is 629 g/mol. The summed E-state index contributed by atoms with van der Waals surface area (Å²) in [4.78, 5) is 25.8. The van der Waals surface area contributed by atoms with Gasteiger partial charge in [0, 0.05) is 18.5 Å². The molecule has 0 radical (unpaired) electrons. The van der Waals surface area contributed by atoms with Gasteiger partial charge >= 0.3 is 6.18 Å². The summed E-state index contributed by atoms with van der Waals surface area (Å²) < 4.78 is 50.2. The van der Waals surface area contributed by atoms with E-state index in [4.69, 9.17) is 25.2 Å². The van der Waals surface area contributed by atoms with Crippen molar-refractivity contribution in [2.45, 2.75) is 63.3 Å². The van der Waals surface area contributed by atoms with Crippen LogP contribution in [0.3, 0.4) is 0 Å². The van der Waals surface area contributed by atoms with Gasteiger partial charge in [0.15, 0.2) is 11.5 Å². The molecule has 1 saturated carbocycles. The lowest BCUT2D eigenvalue weighted by molar-refractivity contribution is -0.137. The molecule has 3 N–H and O–H groups in total. The Morgan fingerprint density at radius 2 is 1.67 bits per heavy atom. The zero-order valence-corrected chi connectivity index (χ0v) is 25.1. The van der Waals surface area contributed by atoms with Crippen LogP contribution in [0.1, 0.15) is 60.0 Å². The molecular weight excluding hydrogens is 595 g/mol. The van der Waals surface area contributed by atoms with Gasteiger partial charge in [-0.15, -0.1) is 0 Å². The third kappa shape index (κ3) is 6.05. The van der Waals surface area contributed by atoms with Crippen LogP contribution >= 0.6 is 0 Å². The second-order valence-corrected chi connectivity index (χ2v) is 12.1. The van der Waals surface area contributed by atoms with Crippen molar-refractivity contribution in [3.8, 4) is 22.6 Å². The summed E-state index contributed by atoms with van der Waals surface area (Å²) in [5.41, 5.74) is 9.34. The number of fused-ring (bicyclic) bond motifs is 2. The quantitative estimate of drug-likeness (QED) is 0.166. The molecule has 0 bridgehead atoms. The third-order valence-electron chi connectivity index (χ3n) is 9.01. The number of nitrogens with one attached hydrogen (secondary N) is 1. The Kier molecular flexibility index (Phi) is 7.92. The first kappa shape index (κ1) is 29.9. The highest BCUT2D eigenvalue weighted by atomic mass is 19.4. The van der Waals surface area contributed by atoms with E-state index in [1.165, 1.54) is 12.1 Å². The highest BCUT2D eigenvalue weighted by Crippen LogP contribution is 2.37. The van der Waals surface area contributed by atoms with Crippen molar-refractivity contribution in [3.63, 3.8) is 0 Å². The molecule has 1 amide bonds. The van der Waals surface area contributed by atoms with E-state index in [2.05, 4.69) is 5.32 Å². The fraction of sp³-hybridized carbons (Fsp3) is 0.343. The van der Waals surface area contributed by atoms with Gasteiger partial charge in [0.25, 0.3) is 5.91 Å². The number of aromatic nitrogens is 1. The van der Waals surface area contributed by atoms with E-state index in [1.807, 2.05) is 41.3 Å². The number of carbonyl (C=O) groups is 1. The summed E-state index contributed by atoms with van der Waals surface area (Å²) in [6.45, 7) is 0.961. The molecule has 0 spiro atoms. The molecule has 1 atom stereocenters. The highest BCUT2D eigenvalue weighted by Gasteiger charge is 2.34. The first-order valence-electron chi connectivity index (χ1n) is 15.6. The van der Waals surface area contributed by atoms with Crippen LogP contribution in [-0.2, 0) is 12.7 Å². The Bertz CT molecular complexity index is 1800. The van der Waals surface area contributed by atoms with E-state index in [1.54, 1.807) is 6.07 Å². The summed E-state index contributed by atoms with van der Waals surface area (Å²) >= 11 is 0. The van der Waals surface area contributed by atoms with Gasteiger partial charge in [-0.25, -0.2) is 4.98 Å². The van der Waals surface area contributed by atoms with Crippen LogP contribution < -0.4 is 20.5 Å². The van der Waals surface area contributed by atoms with Gasteiger partial charge in [-0.1, -0.05) is 37.1 Å². The van der Waals surface area contributed by atoms with Crippen LogP contribution in [0.2, 0.25) is 0 Å². The summed E-state index contributed by atoms with van der Waals surface area (Å²) in [5.74, 6) is 2.13. The molecule has 2 fully saturated rings. The van der Waals surface area contributed by atoms with Gasteiger partial charge in [0.2, 0.25) is 6.79 Å². The van der Waals surface area contributed by atoms with E-state index in [0.717, 1.165) is 61.8 Å². The minimum atomic E-state index is -4.40. The zero-order valence-electron chi connectivity index (χ0n) is 25.1. The number of likely N-dealkylation sites (tertiary alicyclic amines) is 1. The van der Waals surface area contributed by atoms with Crippen LogP contribution in [0, 0.1) is 0 Å². The molecule has 11 heteroatoms. The van der Waals surface area contributed by atoms with Gasteiger partial charge in [-0.2, -0.15) is 13.2 Å². The first-order chi connectivity index (χ1) is 22.2. The standard InChI is InChI=1S/C35H34F3N5O3/c36-35(37,38)24-11-7-21(8-12-24)19-40-32-18-27(34(44)43-15-3-6-29(43)33(39)41-25-4-1-2-5-25)26-16-22(9-13-28(26)42-32)23-10-14-30-31(17-23)46-20-45-30/h7-14,16-18,25,29H,1-6,15,19-20H2,(H2,39,41)(H,40,42)/t29-/m0/s1. The van der Waals surface area contributed by atoms with E-state index in [9.17, 15) is 18.0 Å². The molecule has 7 rings (SSSR count). The molecule has 1 aliphatic carbocycles. The Balaban J connectivity index is 1.23. The second-order valence-electron chi connectivity index (χ2n) is 12.1. The SMILES string of the molecule is NC(=NC1CCCC1)[C@@H]1CCCN1C(=O)c1cc(NCc2ccc(C(F)(F)F)cc2)nc2ccc(-c3ccc4c(c3)OCO4)cc12. The number of anilines is 1. The minimum absolute atomic E-state index is 0.167. The van der Waals surface area contributed by atoms with Crippen LogP contribution in [0.5, 0.6) is 11.5 Å². The molecule has 46 heavy (non-hydrogen) atoms. The van der Waals surface area contributed by atoms with Crippen molar-refractivity contribution in [3.05, 3.63) is 83.4 Å². The predicted molar refractivity (Wildman–Crippen MR) is 170 cm³/mol. The van der Waals surface area contributed by atoms with Crippen molar-refractivity contribution in [1.29, 1.82) is 0 Å². The number of benzene rings is 3. The van der Waals surface area contributed by atoms with Crippen molar-refractivity contribution < 1.29 is 27.4 Å². The van der Waals surface area contributed by atoms with Crippen molar-refractivity contribution >= 4 is 28.5 Å². The van der Waals surface area contributed by atoms with Gasteiger partial charge < -0.3 is 25.4 Å². The molecule has 2 aliphatic heterocycles. The number of nitrogens with zero attached hydrogens (tertiary/aromatic N) is 3. The molecular formula is C35H34F3N5O3. The molecule has 3 aromatic carbocycles. The maximum Gasteiger partial charge on any atom is 0.416 e. The lowest BCUT2D eigenvalue weighted by Crippen LogP contribution is -2.44. The molecule has 1 aromatic heterocycles. The number of ether oxygens (including phenoxy) is 2. The lowest BCUT2D eigenvalue weighted by Gasteiger charge is -2.26. The number of hydrogen-bond donors (Lipinski definition) is 2. The molecule has 3 aliphatic rings.